The number of benzene rings is 2. The molecule has 1 fully saturated rings. The standard InChI is InChI=1S/C23H25N3O3/c1-14-11-12-17(13-15(14)2)25-23(28)26-21-20(24-16-7-3-4-8-16)18-9-5-6-10-19(18)29-22(21)27/h5-6,9-13,16,24H,3-4,7-8H2,1-2H3,(H2,25,26,28). The molecule has 0 atom stereocenters. The first-order valence-electron chi connectivity index (χ1n) is 9.99. The van der Waals surface area contributed by atoms with Gasteiger partial charge in [0.25, 0.3) is 0 Å². The minimum Gasteiger partial charge on any atom is -0.421 e. The van der Waals surface area contributed by atoms with E-state index < -0.39 is 11.7 Å². The lowest BCUT2D eigenvalue weighted by molar-refractivity contribution is 0.262. The number of anilines is 3. The summed E-state index contributed by atoms with van der Waals surface area (Å²) < 4.78 is 5.45. The molecule has 1 aromatic heterocycles. The van der Waals surface area contributed by atoms with Crippen molar-refractivity contribution in [3.63, 3.8) is 0 Å². The van der Waals surface area contributed by atoms with Gasteiger partial charge in [-0.25, -0.2) is 9.59 Å². The average molecular weight is 391 g/mol. The van der Waals surface area contributed by atoms with Gasteiger partial charge in [-0.3, -0.25) is 5.32 Å². The predicted molar refractivity (Wildman–Crippen MR) is 117 cm³/mol. The normalized spacial score (nSPS) is 14.1. The first-order valence-corrected chi connectivity index (χ1v) is 9.99. The average Bonchev–Trinajstić information content (AvgIpc) is 3.20. The highest BCUT2D eigenvalue weighted by molar-refractivity contribution is 6.05. The van der Waals surface area contributed by atoms with Crippen LogP contribution in [0, 0.1) is 13.8 Å². The van der Waals surface area contributed by atoms with E-state index >= 15 is 0 Å². The fourth-order valence-corrected chi connectivity index (χ4v) is 3.78. The Bertz CT molecular complexity index is 1110. The van der Waals surface area contributed by atoms with Gasteiger partial charge in [-0.1, -0.05) is 31.0 Å². The molecule has 1 aliphatic carbocycles. The minimum atomic E-state index is -0.570. The monoisotopic (exact) mass is 391 g/mol. The van der Waals surface area contributed by atoms with Gasteiger partial charge in [0, 0.05) is 17.1 Å². The number of hydrogen-bond acceptors (Lipinski definition) is 4. The first-order chi connectivity index (χ1) is 14.0. The van der Waals surface area contributed by atoms with Crippen LogP contribution in [0.25, 0.3) is 11.0 Å². The second-order valence-corrected chi connectivity index (χ2v) is 7.64. The molecule has 3 N–H and O–H groups in total. The van der Waals surface area contributed by atoms with Crippen LogP contribution in [0.5, 0.6) is 0 Å². The van der Waals surface area contributed by atoms with Crippen molar-refractivity contribution < 1.29 is 9.21 Å². The van der Waals surface area contributed by atoms with Crippen LogP contribution >= 0.6 is 0 Å². The van der Waals surface area contributed by atoms with Crippen molar-refractivity contribution in [1.29, 1.82) is 0 Å². The summed E-state index contributed by atoms with van der Waals surface area (Å²) in [5, 5.41) is 9.76. The molecule has 0 bridgehead atoms. The summed E-state index contributed by atoms with van der Waals surface area (Å²) in [5.74, 6) is 0. The zero-order chi connectivity index (χ0) is 20.4. The number of carbonyl (C=O) groups excluding carboxylic acids is 1. The van der Waals surface area contributed by atoms with Crippen LogP contribution in [0.4, 0.5) is 21.9 Å². The highest BCUT2D eigenvalue weighted by Gasteiger charge is 2.21. The van der Waals surface area contributed by atoms with Crippen molar-refractivity contribution in [3.8, 4) is 0 Å². The highest BCUT2D eigenvalue weighted by Crippen LogP contribution is 2.32. The Kier molecular flexibility index (Phi) is 5.25. The third-order valence-corrected chi connectivity index (χ3v) is 5.52. The van der Waals surface area contributed by atoms with Crippen LogP contribution in [0.15, 0.2) is 51.7 Å². The molecule has 1 saturated carbocycles. The van der Waals surface area contributed by atoms with Gasteiger partial charge in [0.1, 0.15) is 5.58 Å². The van der Waals surface area contributed by atoms with E-state index in [1.54, 1.807) is 6.07 Å². The fraction of sp³-hybridized carbons (Fsp3) is 0.304. The number of urea groups is 1. The Hall–Kier alpha value is -3.28. The van der Waals surface area contributed by atoms with Gasteiger partial charge in [0.05, 0.1) is 5.69 Å². The molecule has 2 aromatic carbocycles. The van der Waals surface area contributed by atoms with Crippen molar-refractivity contribution in [3.05, 3.63) is 64.0 Å². The Labute approximate surface area is 169 Å². The largest absolute Gasteiger partial charge is 0.421 e. The summed E-state index contributed by atoms with van der Waals surface area (Å²) in [6.45, 7) is 4.00. The summed E-state index contributed by atoms with van der Waals surface area (Å²) in [6.07, 6.45) is 4.41. The zero-order valence-corrected chi connectivity index (χ0v) is 16.7. The summed E-state index contributed by atoms with van der Waals surface area (Å²) in [7, 11) is 0. The van der Waals surface area contributed by atoms with Crippen molar-refractivity contribution in [1.82, 2.24) is 0 Å². The van der Waals surface area contributed by atoms with Gasteiger partial charge < -0.3 is 15.1 Å². The van der Waals surface area contributed by atoms with E-state index in [0.717, 1.165) is 42.2 Å². The lowest BCUT2D eigenvalue weighted by atomic mass is 10.1. The second kappa shape index (κ2) is 7.99. The van der Waals surface area contributed by atoms with Gasteiger partial charge in [0.15, 0.2) is 5.69 Å². The van der Waals surface area contributed by atoms with Gasteiger partial charge in [-0.2, -0.15) is 0 Å². The minimum absolute atomic E-state index is 0.136. The lowest BCUT2D eigenvalue weighted by Crippen LogP contribution is -2.26. The maximum absolute atomic E-state index is 12.7. The predicted octanol–water partition coefficient (Wildman–Crippen LogP) is 5.41. The van der Waals surface area contributed by atoms with E-state index in [4.69, 9.17) is 4.42 Å². The van der Waals surface area contributed by atoms with Crippen molar-refractivity contribution in [2.24, 2.45) is 0 Å². The molecule has 150 valence electrons. The Morgan fingerprint density at radius 2 is 1.72 bits per heavy atom. The molecule has 4 rings (SSSR count). The number of carbonyl (C=O) groups is 1. The van der Waals surface area contributed by atoms with Crippen molar-refractivity contribution in [2.45, 2.75) is 45.6 Å². The van der Waals surface area contributed by atoms with Crippen LogP contribution < -0.4 is 21.6 Å². The quantitative estimate of drug-likeness (QED) is 0.519. The van der Waals surface area contributed by atoms with Crippen LogP contribution in [-0.4, -0.2) is 12.1 Å². The van der Waals surface area contributed by atoms with Crippen LogP contribution in [0.3, 0.4) is 0 Å². The molecular weight excluding hydrogens is 366 g/mol. The van der Waals surface area contributed by atoms with Crippen molar-refractivity contribution in [2.75, 3.05) is 16.0 Å². The fourth-order valence-electron chi connectivity index (χ4n) is 3.78. The number of fused-ring (bicyclic) bond motifs is 1. The number of hydrogen-bond donors (Lipinski definition) is 3. The Morgan fingerprint density at radius 1 is 0.966 bits per heavy atom. The maximum atomic E-state index is 12.7. The SMILES string of the molecule is Cc1ccc(NC(=O)Nc2c(NC3CCCC3)c3ccccc3oc2=O)cc1C. The van der Waals surface area contributed by atoms with E-state index in [0.29, 0.717) is 17.0 Å². The zero-order valence-electron chi connectivity index (χ0n) is 16.7. The molecule has 6 nitrogen and oxygen atoms in total. The van der Waals surface area contributed by atoms with E-state index in [2.05, 4.69) is 16.0 Å². The molecule has 1 aliphatic rings. The Balaban J connectivity index is 1.66. The molecule has 0 saturated heterocycles. The molecule has 3 aromatic rings. The molecule has 29 heavy (non-hydrogen) atoms. The van der Waals surface area contributed by atoms with Crippen LogP contribution in [-0.2, 0) is 0 Å². The highest BCUT2D eigenvalue weighted by atomic mass is 16.4. The maximum Gasteiger partial charge on any atom is 0.362 e. The second-order valence-electron chi connectivity index (χ2n) is 7.64. The molecule has 6 heteroatoms. The Morgan fingerprint density at radius 3 is 2.48 bits per heavy atom. The number of amides is 2. The number of rotatable bonds is 4. The van der Waals surface area contributed by atoms with E-state index in [1.165, 1.54) is 0 Å². The summed E-state index contributed by atoms with van der Waals surface area (Å²) in [5.41, 5.74) is 3.58. The third-order valence-electron chi connectivity index (χ3n) is 5.52. The van der Waals surface area contributed by atoms with E-state index in [9.17, 15) is 9.59 Å². The van der Waals surface area contributed by atoms with Gasteiger partial charge in [-0.15, -0.1) is 0 Å². The lowest BCUT2D eigenvalue weighted by Gasteiger charge is -2.19. The molecule has 0 aliphatic heterocycles. The van der Waals surface area contributed by atoms with Crippen LogP contribution in [0.2, 0.25) is 0 Å². The number of nitrogens with one attached hydrogen (secondary N) is 3. The number of para-hydroxylation sites is 1. The van der Waals surface area contributed by atoms with E-state index in [1.807, 2.05) is 50.2 Å². The van der Waals surface area contributed by atoms with E-state index in [-0.39, 0.29) is 11.7 Å². The smallest absolute Gasteiger partial charge is 0.362 e. The van der Waals surface area contributed by atoms with Gasteiger partial charge in [-0.05, 0) is 62.1 Å². The molecule has 0 unspecified atom stereocenters. The summed E-state index contributed by atoms with van der Waals surface area (Å²) in [6, 6.07) is 12.8. The first kappa shape index (κ1) is 19.1. The molecule has 0 radical (unpaired) electrons. The topological polar surface area (TPSA) is 83.4 Å². The van der Waals surface area contributed by atoms with Gasteiger partial charge >= 0.3 is 11.7 Å². The van der Waals surface area contributed by atoms with Gasteiger partial charge in [0.2, 0.25) is 0 Å². The molecule has 0 spiro atoms. The molecular formula is C23H25N3O3. The van der Waals surface area contributed by atoms with Crippen LogP contribution in [0.1, 0.15) is 36.8 Å². The number of aryl methyl sites for hydroxylation is 2. The summed E-state index contributed by atoms with van der Waals surface area (Å²) in [4.78, 5) is 25.3. The third kappa shape index (κ3) is 4.11. The summed E-state index contributed by atoms with van der Waals surface area (Å²) >= 11 is 0. The molecule has 2 amide bonds. The van der Waals surface area contributed by atoms with Crippen molar-refractivity contribution >= 4 is 34.1 Å². The molecule has 1 heterocycles.